The van der Waals surface area contributed by atoms with E-state index in [4.69, 9.17) is 23.2 Å². The van der Waals surface area contributed by atoms with Gasteiger partial charge < -0.3 is 5.32 Å². The molecule has 0 spiro atoms. The van der Waals surface area contributed by atoms with E-state index in [9.17, 15) is 0 Å². The number of pyridine rings is 2. The summed E-state index contributed by atoms with van der Waals surface area (Å²) in [5, 5.41) is 4.58. The Morgan fingerprint density at radius 3 is 2.75 bits per heavy atom. The molecule has 0 aliphatic rings. The number of rotatable bonds is 5. The average Bonchev–Trinajstić information content (AvgIpc) is 2.42. The van der Waals surface area contributed by atoms with E-state index in [1.807, 2.05) is 12.3 Å². The van der Waals surface area contributed by atoms with E-state index < -0.39 is 0 Å². The van der Waals surface area contributed by atoms with Crippen molar-refractivity contribution in [1.29, 1.82) is 0 Å². The van der Waals surface area contributed by atoms with Gasteiger partial charge >= 0.3 is 0 Å². The molecule has 20 heavy (non-hydrogen) atoms. The Balaban J connectivity index is 2.44. The summed E-state index contributed by atoms with van der Waals surface area (Å²) in [4.78, 5) is 8.60. The monoisotopic (exact) mass is 309 g/mol. The molecule has 0 radical (unpaired) electrons. The van der Waals surface area contributed by atoms with Gasteiger partial charge in [0.1, 0.15) is 0 Å². The zero-order valence-electron chi connectivity index (χ0n) is 11.5. The van der Waals surface area contributed by atoms with Gasteiger partial charge in [-0.2, -0.15) is 0 Å². The molecule has 0 saturated carbocycles. The molecular weight excluding hydrogens is 293 g/mol. The molecule has 3 nitrogen and oxygen atoms in total. The van der Waals surface area contributed by atoms with Crippen molar-refractivity contribution in [2.45, 2.75) is 26.3 Å². The fourth-order valence-corrected chi connectivity index (χ4v) is 2.55. The average molecular weight is 310 g/mol. The third-order valence-corrected chi connectivity index (χ3v) is 3.61. The first-order valence-electron chi connectivity index (χ1n) is 6.58. The van der Waals surface area contributed by atoms with Crippen LogP contribution in [0.3, 0.4) is 0 Å². The fourth-order valence-electron chi connectivity index (χ4n) is 2.06. The molecule has 1 N–H and O–H groups in total. The molecule has 2 heterocycles. The van der Waals surface area contributed by atoms with E-state index in [-0.39, 0.29) is 6.04 Å². The number of halogens is 2. The highest BCUT2D eigenvalue weighted by Crippen LogP contribution is 2.29. The van der Waals surface area contributed by atoms with Crippen LogP contribution in [0, 0.1) is 6.92 Å². The Kier molecular flexibility index (Phi) is 5.35. The van der Waals surface area contributed by atoms with Gasteiger partial charge in [0.15, 0.2) is 0 Å². The summed E-state index contributed by atoms with van der Waals surface area (Å²) < 4.78 is 0. The van der Waals surface area contributed by atoms with Crippen LogP contribution in [0.5, 0.6) is 0 Å². The molecule has 0 saturated heterocycles. The van der Waals surface area contributed by atoms with Crippen molar-refractivity contribution in [1.82, 2.24) is 15.3 Å². The van der Waals surface area contributed by atoms with Crippen LogP contribution in [0.15, 0.2) is 30.7 Å². The molecule has 2 aromatic rings. The summed E-state index contributed by atoms with van der Waals surface area (Å²) in [5.41, 5.74) is 3.01. The lowest BCUT2D eigenvalue weighted by molar-refractivity contribution is 0.583. The van der Waals surface area contributed by atoms with E-state index in [0.29, 0.717) is 10.0 Å². The van der Waals surface area contributed by atoms with Gasteiger partial charge in [0, 0.05) is 18.6 Å². The van der Waals surface area contributed by atoms with Crippen LogP contribution in [-0.4, -0.2) is 16.5 Å². The number of nitrogens with zero attached hydrogens (tertiary/aromatic N) is 2. The molecule has 1 atom stereocenters. The van der Waals surface area contributed by atoms with Crippen molar-refractivity contribution in [2.24, 2.45) is 0 Å². The van der Waals surface area contributed by atoms with Crippen molar-refractivity contribution in [3.63, 3.8) is 0 Å². The predicted molar refractivity (Wildman–Crippen MR) is 83.4 cm³/mol. The number of hydrogen-bond acceptors (Lipinski definition) is 3. The predicted octanol–water partition coefficient (Wildman–Crippen LogP) is 4.18. The summed E-state index contributed by atoms with van der Waals surface area (Å²) in [6.07, 6.45) is 6.29. The first kappa shape index (κ1) is 15.2. The minimum absolute atomic E-state index is 0.0755. The van der Waals surface area contributed by atoms with Crippen molar-refractivity contribution >= 4 is 23.2 Å². The van der Waals surface area contributed by atoms with E-state index in [0.717, 1.165) is 29.8 Å². The maximum atomic E-state index is 6.30. The van der Waals surface area contributed by atoms with Gasteiger partial charge in [0.05, 0.1) is 21.8 Å². The van der Waals surface area contributed by atoms with Crippen molar-refractivity contribution in [3.05, 3.63) is 57.6 Å². The second-order valence-electron chi connectivity index (χ2n) is 4.64. The first-order chi connectivity index (χ1) is 9.63. The highest BCUT2D eigenvalue weighted by atomic mass is 35.5. The Bertz CT molecular complexity index is 587. The smallest absolute Gasteiger partial charge is 0.0806 e. The molecule has 0 fully saturated rings. The van der Waals surface area contributed by atoms with Crippen LogP contribution >= 0.6 is 23.2 Å². The van der Waals surface area contributed by atoms with Crippen LogP contribution in [0.25, 0.3) is 0 Å². The van der Waals surface area contributed by atoms with Crippen molar-refractivity contribution < 1.29 is 0 Å². The van der Waals surface area contributed by atoms with Crippen LogP contribution < -0.4 is 5.32 Å². The summed E-state index contributed by atoms with van der Waals surface area (Å²) in [7, 11) is 0. The van der Waals surface area contributed by atoms with Crippen molar-refractivity contribution in [2.75, 3.05) is 6.54 Å². The van der Waals surface area contributed by atoms with E-state index in [1.54, 1.807) is 18.5 Å². The molecule has 2 rings (SSSR count). The molecule has 2 aromatic heterocycles. The van der Waals surface area contributed by atoms with Gasteiger partial charge in [0.2, 0.25) is 0 Å². The zero-order chi connectivity index (χ0) is 14.5. The molecule has 1 unspecified atom stereocenters. The Morgan fingerprint density at radius 2 is 2.10 bits per heavy atom. The third-order valence-electron chi connectivity index (χ3n) is 3.10. The Labute approximate surface area is 129 Å². The zero-order valence-corrected chi connectivity index (χ0v) is 13.0. The summed E-state index contributed by atoms with van der Waals surface area (Å²) in [5.74, 6) is 0. The van der Waals surface area contributed by atoms with Gasteiger partial charge in [0.25, 0.3) is 0 Å². The maximum absolute atomic E-state index is 6.30. The van der Waals surface area contributed by atoms with E-state index >= 15 is 0 Å². The molecule has 0 aliphatic heterocycles. The number of nitrogens with one attached hydrogen (secondary N) is 1. The second-order valence-corrected chi connectivity index (χ2v) is 5.48. The molecule has 0 aliphatic carbocycles. The molecule has 5 heteroatoms. The minimum Gasteiger partial charge on any atom is -0.305 e. The van der Waals surface area contributed by atoms with E-state index in [2.05, 4.69) is 29.1 Å². The topological polar surface area (TPSA) is 37.8 Å². The van der Waals surface area contributed by atoms with Gasteiger partial charge in [-0.05, 0) is 43.1 Å². The van der Waals surface area contributed by atoms with Gasteiger partial charge in [-0.3, -0.25) is 9.97 Å². The van der Waals surface area contributed by atoms with Crippen LogP contribution in [-0.2, 0) is 0 Å². The van der Waals surface area contributed by atoms with Crippen LogP contribution in [0.2, 0.25) is 10.0 Å². The van der Waals surface area contributed by atoms with Gasteiger partial charge in [-0.25, -0.2) is 0 Å². The standard InChI is InChI=1S/C15H17Cl2N3/c1-3-5-19-14(12-9-18-6-4-10(12)2)15-13(17)7-11(16)8-20-15/h4,6-9,14,19H,3,5H2,1-2H3. The number of aryl methyl sites for hydroxylation is 1. The lowest BCUT2D eigenvalue weighted by Crippen LogP contribution is -2.25. The summed E-state index contributed by atoms with van der Waals surface area (Å²) in [6, 6.07) is 3.63. The fraction of sp³-hybridized carbons (Fsp3) is 0.333. The molecule has 0 amide bonds. The first-order valence-corrected chi connectivity index (χ1v) is 7.34. The van der Waals surface area contributed by atoms with E-state index in [1.165, 1.54) is 0 Å². The Morgan fingerprint density at radius 1 is 1.30 bits per heavy atom. The largest absolute Gasteiger partial charge is 0.305 e. The third kappa shape index (κ3) is 3.48. The minimum atomic E-state index is -0.0755. The number of hydrogen-bond donors (Lipinski definition) is 1. The number of aromatic nitrogens is 2. The molecule has 106 valence electrons. The van der Waals surface area contributed by atoms with Crippen LogP contribution in [0.1, 0.15) is 36.2 Å². The molecule has 0 aromatic carbocycles. The summed E-state index contributed by atoms with van der Waals surface area (Å²) >= 11 is 12.2. The Hall–Kier alpha value is -1.16. The molecular formula is C15H17Cl2N3. The van der Waals surface area contributed by atoms with Crippen LogP contribution in [0.4, 0.5) is 0 Å². The molecule has 0 bridgehead atoms. The lowest BCUT2D eigenvalue weighted by Gasteiger charge is -2.21. The maximum Gasteiger partial charge on any atom is 0.0806 e. The highest BCUT2D eigenvalue weighted by Gasteiger charge is 2.20. The van der Waals surface area contributed by atoms with Gasteiger partial charge in [-0.1, -0.05) is 30.1 Å². The lowest BCUT2D eigenvalue weighted by atomic mass is 10.0. The summed E-state index contributed by atoms with van der Waals surface area (Å²) in [6.45, 7) is 5.05. The second kappa shape index (κ2) is 7.02. The van der Waals surface area contributed by atoms with Gasteiger partial charge in [-0.15, -0.1) is 0 Å². The normalized spacial score (nSPS) is 12.4. The quantitative estimate of drug-likeness (QED) is 0.900. The SMILES string of the molecule is CCCNC(c1cnccc1C)c1ncc(Cl)cc1Cl. The van der Waals surface area contributed by atoms with Crippen molar-refractivity contribution in [3.8, 4) is 0 Å². The highest BCUT2D eigenvalue weighted by molar-refractivity contribution is 6.34.